The fraction of sp³-hybridized carbons (Fsp3) is 0.333. The lowest BCUT2D eigenvalue weighted by Crippen LogP contribution is -2.23. The highest BCUT2D eigenvalue weighted by Gasteiger charge is 2.26. The van der Waals surface area contributed by atoms with Gasteiger partial charge >= 0.3 is 0 Å². The van der Waals surface area contributed by atoms with Gasteiger partial charge in [-0.3, -0.25) is 4.79 Å². The normalized spacial score (nSPS) is 14.3. The Labute approximate surface area is 138 Å². The standard InChI is InChI=1S/C18H18N2O2S/c1-10-3-6-14-11(2)16(22-15(14)7-10)17(21)19-8-13-9-23-18(20-13)12-4-5-12/h3,6-7,9,12H,4-5,8H2,1-2H3,(H,19,21). The van der Waals surface area contributed by atoms with Crippen LogP contribution in [0.15, 0.2) is 28.0 Å². The number of thiazole rings is 1. The molecule has 2 aromatic heterocycles. The lowest BCUT2D eigenvalue weighted by atomic mass is 10.1. The second-order valence-corrected chi connectivity index (χ2v) is 7.08. The Morgan fingerprint density at radius 3 is 3.00 bits per heavy atom. The van der Waals surface area contributed by atoms with Crippen molar-refractivity contribution >= 4 is 28.2 Å². The summed E-state index contributed by atoms with van der Waals surface area (Å²) < 4.78 is 5.75. The second-order valence-electron chi connectivity index (χ2n) is 6.19. The Morgan fingerprint density at radius 1 is 1.39 bits per heavy atom. The monoisotopic (exact) mass is 326 g/mol. The average Bonchev–Trinajstić information content (AvgIpc) is 3.19. The molecule has 0 spiro atoms. The summed E-state index contributed by atoms with van der Waals surface area (Å²) in [7, 11) is 0. The Kier molecular flexibility index (Phi) is 3.45. The van der Waals surface area contributed by atoms with E-state index in [0.29, 0.717) is 18.2 Å². The van der Waals surface area contributed by atoms with E-state index >= 15 is 0 Å². The molecule has 23 heavy (non-hydrogen) atoms. The Bertz CT molecular complexity index is 890. The average molecular weight is 326 g/mol. The number of furan rings is 1. The van der Waals surface area contributed by atoms with Gasteiger partial charge in [0.25, 0.3) is 5.91 Å². The van der Waals surface area contributed by atoms with Crippen molar-refractivity contribution in [1.29, 1.82) is 0 Å². The van der Waals surface area contributed by atoms with Crippen LogP contribution in [0.1, 0.15) is 51.1 Å². The summed E-state index contributed by atoms with van der Waals surface area (Å²) in [6.45, 7) is 4.37. The van der Waals surface area contributed by atoms with Gasteiger partial charge in [-0.1, -0.05) is 12.1 Å². The molecule has 4 rings (SSSR count). The molecule has 0 aliphatic heterocycles. The van der Waals surface area contributed by atoms with Crippen LogP contribution in [0.2, 0.25) is 0 Å². The summed E-state index contributed by atoms with van der Waals surface area (Å²) in [5.41, 5.74) is 3.69. The molecule has 1 aliphatic carbocycles. The fourth-order valence-electron chi connectivity index (χ4n) is 2.72. The number of aromatic nitrogens is 1. The quantitative estimate of drug-likeness (QED) is 0.777. The maximum absolute atomic E-state index is 12.4. The van der Waals surface area contributed by atoms with Crippen LogP contribution in [0.4, 0.5) is 0 Å². The molecule has 2 heterocycles. The SMILES string of the molecule is Cc1ccc2c(C)c(C(=O)NCc3csc(C4CC4)n3)oc2c1. The molecule has 1 aromatic carbocycles. The summed E-state index contributed by atoms with van der Waals surface area (Å²) in [5, 5.41) is 7.14. The van der Waals surface area contributed by atoms with E-state index in [1.54, 1.807) is 11.3 Å². The van der Waals surface area contributed by atoms with E-state index in [0.717, 1.165) is 27.8 Å². The van der Waals surface area contributed by atoms with Gasteiger partial charge in [-0.15, -0.1) is 11.3 Å². The number of fused-ring (bicyclic) bond motifs is 1. The minimum absolute atomic E-state index is 0.183. The molecule has 0 unspecified atom stereocenters. The van der Waals surface area contributed by atoms with Crippen molar-refractivity contribution in [3.63, 3.8) is 0 Å². The molecule has 1 N–H and O–H groups in total. The van der Waals surface area contributed by atoms with Crippen molar-refractivity contribution in [2.45, 2.75) is 39.2 Å². The zero-order valence-corrected chi connectivity index (χ0v) is 14.0. The highest BCUT2D eigenvalue weighted by molar-refractivity contribution is 7.09. The topological polar surface area (TPSA) is 55.1 Å². The van der Waals surface area contributed by atoms with Crippen LogP contribution in [0.3, 0.4) is 0 Å². The third kappa shape index (κ3) is 2.77. The van der Waals surface area contributed by atoms with E-state index in [9.17, 15) is 4.79 Å². The molecule has 3 aromatic rings. The maximum Gasteiger partial charge on any atom is 0.287 e. The minimum Gasteiger partial charge on any atom is -0.451 e. The molecule has 0 atom stereocenters. The number of nitrogens with zero attached hydrogens (tertiary/aromatic N) is 1. The first kappa shape index (κ1) is 14.5. The van der Waals surface area contributed by atoms with Crippen LogP contribution in [-0.4, -0.2) is 10.9 Å². The molecule has 5 heteroatoms. The summed E-state index contributed by atoms with van der Waals surface area (Å²) in [4.78, 5) is 17.0. The van der Waals surface area contributed by atoms with Gasteiger partial charge < -0.3 is 9.73 Å². The van der Waals surface area contributed by atoms with E-state index in [1.165, 1.54) is 17.8 Å². The number of carbonyl (C=O) groups excluding carboxylic acids is 1. The van der Waals surface area contributed by atoms with E-state index in [1.807, 2.05) is 37.4 Å². The van der Waals surface area contributed by atoms with Gasteiger partial charge in [0.1, 0.15) is 5.58 Å². The van der Waals surface area contributed by atoms with Crippen molar-refractivity contribution in [2.24, 2.45) is 0 Å². The van der Waals surface area contributed by atoms with Gasteiger partial charge in [-0.25, -0.2) is 4.98 Å². The van der Waals surface area contributed by atoms with E-state index in [-0.39, 0.29) is 5.91 Å². The number of rotatable bonds is 4. The first-order valence-corrected chi connectivity index (χ1v) is 8.72. The number of aryl methyl sites for hydroxylation is 2. The molecule has 1 amide bonds. The van der Waals surface area contributed by atoms with Crippen molar-refractivity contribution < 1.29 is 9.21 Å². The lowest BCUT2D eigenvalue weighted by molar-refractivity contribution is 0.0924. The van der Waals surface area contributed by atoms with E-state index < -0.39 is 0 Å². The molecule has 4 nitrogen and oxygen atoms in total. The first-order valence-electron chi connectivity index (χ1n) is 7.84. The minimum atomic E-state index is -0.183. The van der Waals surface area contributed by atoms with Crippen LogP contribution in [0.25, 0.3) is 11.0 Å². The zero-order valence-electron chi connectivity index (χ0n) is 13.2. The van der Waals surface area contributed by atoms with Crippen LogP contribution < -0.4 is 5.32 Å². The fourth-order valence-corrected chi connectivity index (χ4v) is 3.71. The Morgan fingerprint density at radius 2 is 2.22 bits per heavy atom. The third-order valence-electron chi connectivity index (χ3n) is 4.23. The molecular weight excluding hydrogens is 308 g/mol. The van der Waals surface area contributed by atoms with E-state index in [4.69, 9.17) is 4.42 Å². The van der Waals surface area contributed by atoms with Gasteiger partial charge in [0.05, 0.1) is 17.2 Å². The number of amides is 1. The van der Waals surface area contributed by atoms with Gasteiger partial charge in [0.15, 0.2) is 5.76 Å². The predicted molar refractivity (Wildman–Crippen MR) is 90.9 cm³/mol. The van der Waals surface area contributed by atoms with Crippen LogP contribution in [0, 0.1) is 13.8 Å². The summed E-state index contributed by atoms with van der Waals surface area (Å²) in [6.07, 6.45) is 2.49. The van der Waals surface area contributed by atoms with E-state index in [2.05, 4.69) is 10.3 Å². The largest absolute Gasteiger partial charge is 0.451 e. The predicted octanol–water partition coefficient (Wildman–Crippen LogP) is 4.31. The maximum atomic E-state index is 12.4. The Balaban J connectivity index is 1.50. The second kappa shape index (κ2) is 5.49. The molecule has 1 fully saturated rings. The van der Waals surface area contributed by atoms with Crippen LogP contribution >= 0.6 is 11.3 Å². The number of carbonyl (C=O) groups is 1. The van der Waals surface area contributed by atoms with Crippen LogP contribution in [-0.2, 0) is 6.54 Å². The molecule has 0 saturated heterocycles. The smallest absolute Gasteiger partial charge is 0.287 e. The molecule has 1 aliphatic rings. The third-order valence-corrected chi connectivity index (χ3v) is 5.28. The Hall–Kier alpha value is -2.14. The van der Waals surface area contributed by atoms with Crippen LogP contribution in [0.5, 0.6) is 0 Å². The summed E-state index contributed by atoms with van der Waals surface area (Å²) >= 11 is 1.69. The number of nitrogens with one attached hydrogen (secondary N) is 1. The molecule has 1 saturated carbocycles. The summed E-state index contributed by atoms with van der Waals surface area (Å²) in [6, 6.07) is 5.99. The number of hydrogen-bond donors (Lipinski definition) is 1. The molecule has 0 bridgehead atoms. The van der Waals surface area contributed by atoms with Gasteiger partial charge in [0.2, 0.25) is 0 Å². The lowest BCUT2D eigenvalue weighted by Gasteiger charge is -2.01. The van der Waals surface area contributed by atoms with Crippen molar-refractivity contribution in [3.05, 3.63) is 51.2 Å². The molecule has 118 valence electrons. The van der Waals surface area contributed by atoms with Crippen molar-refractivity contribution in [1.82, 2.24) is 10.3 Å². The molecule has 0 radical (unpaired) electrons. The zero-order chi connectivity index (χ0) is 16.0. The van der Waals surface area contributed by atoms with Crippen molar-refractivity contribution in [2.75, 3.05) is 0 Å². The summed E-state index contributed by atoms with van der Waals surface area (Å²) in [5.74, 6) is 0.867. The van der Waals surface area contributed by atoms with Gasteiger partial charge in [0, 0.05) is 22.2 Å². The highest BCUT2D eigenvalue weighted by atomic mass is 32.1. The van der Waals surface area contributed by atoms with Gasteiger partial charge in [-0.05, 0) is 38.3 Å². The van der Waals surface area contributed by atoms with Crippen molar-refractivity contribution in [3.8, 4) is 0 Å². The number of benzene rings is 1. The highest BCUT2D eigenvalue weighted by Crippen LogP contribution is 2.41. The number of hydrogen-bond acceptors (Lipinski definition) is 4. The first-order chi connectivity index (χ1) is 11.1. The van der Waals surface area contributed by atoms with Gasteiger partial charge in [-0.2, -0.15) is 0 Å². The molecular formula is C18H18N2O2S.